The first kappa shape index (κ1) is 17.5. The number of rotatable bonds is 4. The van der Waals surface area contributed by atoms with Crippen molar-refractivity contribution in [1.29, 1.82) is 0 Å². The average Bonchev–Trinajstić information content (AvgIpc) is 2.71. The van der Waals surface area contributed by atoms with Crippen molar-refractivity contribution >= 4 is 23.1 Å². The summed E-state index contributed by atoms with van der Waals surface area (Å²) in [6.45, 7) is 2.92. The fourth-order valence-electron chi connectivity index (χ4n) is 3.07. The Hall–Kier alpha value is -2.86. The zero-order valence-corrected chi connectivity index (χ0v) is 15.3. The van der Waals surface area contributed by atoms with Crippen molar-refractivity contribution in [3.63, 3.8) is 0 Å². The number of aromatic nitrogens is 2. The van der Waals surface area contributed by atoms with Crippen LogP contribution >= 0.6 is 11.6 Å². The maximum absolute atomic E-state index is 14.0. The molecule has 3 aromatic rings. The third kappa shape index (κ3) is 4.11. The van der Waals surface area contributed by atoms with E-state index < -0.39 is 0 Å². The van der Waals surface area contributed by atoms with Crippen molar-refractivity contribution in [2.75, 3.05) is 36.0 Å². The van der Waals surface area contributed by atoms with Crippen molar-refractivity contribution in [1.82, 2.24) is 9.97 Å². The van der Waals surface area contributed by atoms with Gasteiger partial charge >= 0.3 is 0 Å². The Bertz CT molecular complexity index is 914. The first-order valence-corrected chi connectivity index (χ1v) is 9.07. The minimum absolute atomic E-state index is 0.188. The van der Waals surface area contributed by atoms with E-state index in [2.05, 4.69) is 19.8 Å². The highest BCUT2D eigenvalue weighted by Crippen LogP contribution is 2.25. The summed E-state index contributed by atoms with van der Waals surface area (Å²) in [5.74, 6) is 1.74. The van der Waals surface area contributed by atoms with Gasteiger partial charge < -0.3 is 14.5 Å². The number of hydrogen-bond acceptors (Lipinski definition) is 5. The highest BCUT2D eigenvalue weighted by Gasteiger charge is 2.20. The molecule has 0 aliphatic carbocycles. The minimum Gasteiger partial charge on any atom is -0.439 e. The van der Waals surface area contributed by atoms with Crippen molar-refractivity contribution < 1.29 is 9.13 Å². The fourth-order valence-corrected chi connectivity index (χ4v) is 3.19. The van der Waals surface area contributed by atoms with E-state index in [4.69, 9.17) is 16.3 Å². The molecule has 2 heterocycles. The number of nitrogens with zero attached hydrogens (tertiary/aromatic N) is 4. The van der Waals surface area contributed by atoms with Gasteiger partial charge in [0.15, 0.2) is 0 Å². The normalized spacial score (nSPS) is 14.3. The SMILES string of the molecule is Fc1ccccc1N1CCN(c2cc(Oc3ccc(Cl)cc3)ncn2)CC1. The van der Waals surface area contributed by atoms with Crippen molar-refractivity contribution in [2.45, 2.75) is 0 Å². The Morgan fingerprint density at radius 3 is 2.33 bits per heavy atom. The number of piperazine rings is 1. The Morgan fingerprint density at radius 1 is 0.889 bits per heavy atom. The second-order valence-electron chi connectivity index (χ2n) is 6.20. The monoisotopic (exact) mass is 384 g/mol. The molecule has 138 valence electrons. The minimum atomic E-state index is -0.188. The van der Waals surface area contributed by atoms with Crippen LogP contribution in [0.15, 0.2) is 60.9 Å². The molecular weight excluding hydrogens is 367 g/mol. The van der Waals surface area contributed by atoms with Crippen LogP contribution in [-0.4, -0.2) is 36.1 Å². The maximum atomic E-state index is 14.0. The molecule has 0 saturated carbocycles. The van der Waals surface area contributed by atoms with E-state index in [1.54, 1.807) is 30.3 Å². The molecule has 0 atom stereocenters. The average molecular weight is 385 g/mol. The molecular formula is C20H18ClFN4O. The molecule has 5 nitrogen and oxygen atoms in total. The molecule has 1 aliphatic heterocycles. The lowest BCUT2D eigenvalue weighted by molar-refractivity contribution is 0.461. The molecule has 1 fully saturated rings. The van der Waals surface area contributed by atoms with Crippen LogP contribution in [0, 0.1) is 5.82 Å². The molecule has 4 rings (SSSR count). The van der Waals surface area contributed by atoms with Crippen molar-refractivity contribution in [2.24, 2.45) is 0 Å². The number of benzene rings is 2. The van der Waals surface area contributed by atoms with E-state index in [1.807, 2.05) is 18.2 Å². The van der Waals surface area contributed by atoms with Gasteiger partial charge in [-0.3, -0.25) is 0 Å². The van der Waals surface area contributed by atoms with E-state index in [-0.39, 0.29) is 5.82 Å². The number of hydrogen-bond donors (Lipinski definition) is 0. The molecule has 0 unspecified atom stereocenters. The predicted octanol–water partition coefficient (Wildman–Crippen LogP) is 4.39. The summed E-state index contributed by atoms with van der Waals surface area (Å²) in [5.41, 5.74) is 0.645. The summed E-state index contributed by atoms with van der Waals surface area (Å²) in [4.78, 5) is 12.7. The molecule has 0 N–H and O–H groups in total. The number of para-hydroxylation sites is 1. The van der Waals surface area contributed by atoms with E-state index in [1.165, 1.54) is 12.4 Å². The van der Waals surface area contributed by atoms with Gasteiger partial charge in [0.25, 0.3) is 0 Å². The van der Waals surface area contributed by atoms with Gasteiger partial charge in [-0.2, -0.15) is 0 Å². The van der Waals surface area contributed by atoms with Gasteiger partial charge in [-0.05, 0) is 36.4 Å². The molecule has 0 bridgehead atoms. The van der Waals surface area contributed by atoms with E-state index in [9.17, 15) is 4.39 Å². The molecule has 0 radical (unpaired) electrons. The zero-order chi connectivity index (χ0) is 18.6. The number of anilines is 2. The summed E-state index contributed by atoms with van der Waals surface area (Å²) in [5, 5.41) is 0.651. The molecule has 1 aromatic heterocycles. The highest BCUT2D eigenvalue weighted by molar-refractivity contribution is 6.30. The molecule has 27 heavy (non-hydrogen) atoms. The Balaban J connectivity index is 1.42. The summed E-state index contributed by atoms with van der Waals surface area (Å²) in [6.07, 6.45) is 1.49. The molecule has 2 aromatic carbocycles. The van der Waals surface area contributed by atoms with Gasteiger partial charge in [0.2, 0.25) is 5.88 Å². The summed E-state index contributed by atoms with van der Waals surface area (Å²) >= 11 is 5.89. The second kappa shape index (κ2) is 7.80. The lowest BCUT2D eigenvalue weighted by Gasteiger charge is -2.36. The zero-order valence-electron chi connectivity index (χ0n) is 14.6. The van der Waals surface area contributed by atoms with Gasteiger partial charge in [0.05, 0.1) is 5.69 Å². The van der Waals surface area contributed by atoms with Gasteiger partial charge in [-0.25, -0.2) is 14.4 Å². The van der Waals surface area contributed by atoms with Crippen LogP contribution < -0.4 is 14.5 Å². The van der Waals surface area contributed by atoms with Crippen molar-refractivity contribution in [3.8, 4) is 11.6 Å². The third-order valence-corrected chi connectivity index (χ3v) is 4.71. The lowest BCUT2D eigenvalue weighted by Crippen LogP contribution is -2.47. The Labute approximate surface area is 162 Å². The van der Waals surface area contributed by atoms with E-state index in [0.717, 1.165) is 32.0 Å². The molecule has 1 saturated heterocycles. The van der Waals surface area contributed by atoms with Gasteiger partial charge in [0.1, 0.15) is 23.7 Å². The van der Waals surface area contributed by atoms with Crippen LogP contribution in [-0.2, 0) is 0 Å². The first-order chi connectivity index (χ1) is 13.2. The maximum Gasteiger partial charge on any atom is 0.224 e. The first-order valence-electron chi connectivity index (χ1n) is 8.69. The largest absolute Gasteiger partial charge is 0.439 e. The van der Waals surface area contributed by atoms with E-state index >= 15 is 0 Å². The third-order valence-electron chi connectivity index (χ3n) is 4.46. The highest BCUT2D eigenvalue weighted by atomic mass is 35.5. The van der Waals surface area contributed by atoms with Gasteiger partial charge in [-0.1, -0.05) is 23.7 Å². The fraction of sp³-hybridized carbons (Fsp3) is 0.200. The Kier molecular flexibility index (Phi) is 5.07. The topological polar surface area (TPSA) is 41.5 Å². The van der Waals surface area contributed by atoms with Crippen LogP contribution in [0.3, 0.4) is 0 Å². The molecule has 7 heteroatoms. The standard InChI is InChI=1S/C20H18ClFN4O/c21-15-5-7-16(8-6-15)27-20-13-19(23-14-24-20)26-11-9-25(10-12-26)18-4-2-1-3-17(18)22/h1-8,13-14H,9-12H2. The second-order valence-corrected chi connectivity index (χ2v) is 6.63. The van der Waals surface area contributed by atoms with Crippen molar-refractivity contribution in [3.05, 3.63) is 71.8 Å². The van der Waals surface area contributed by atoms with Crippen LogP contribution in [0.1, 0.15) is 0 Å². The summed E-state index contributed by atoms with van der Waals surface area (Å²) < 4.78 is 19.8. The molecule has 0 amide bonds. The number of halogens is 2. The van der Waals surface area contributed by atoms with Gasteiger partial charge in [0, 0.05) is 37.3 Å². The molecule has 0 spiro atoms. The molecule has 1 aliphatic rings. The van der Waals surface area contributed by atoms with E-state index in [0.29, 0.717) is 22.3 Å². The van der Waals surface area contributed by atoms with Crippen LogP contribution in [0.25, 0.3) is 0 Å². The van der Waals surface area contributed by atoms with Crippen LogP contribution in [0.4, 0.5) is 15.9 Å². The predicted molar refractivity (Wildman–Crippen MR) is 104 cm³/mol. The summed E-state index contributed by atoms with van der Waals surface area (Å²) in [6, 6.07) is 15.8. The van der Waals surface area contributed by atoms with Gasteiger partial charge in [-0.15, -0.1) is 0 Å². The lowest BCUT2D eigenvalue weighted by atomic mass is 10.2. The summed E-state index contributed by atoms with van der Waals surface area (Å²) in [7, 11) is 0. The smallest absolute Gasteiger partial charge is 0.224 e. The van der Waals surface area contributed by atoms with Crippen LogP contribution in [0.2, 0.25) is 5.02 Å². The van der Waals surface area contributed by atoms with Crippen LogP contribution in [0.5, 0.6) is 11.6 Å². The number of ether oxygens (including phenoxy) is 1. The Morgan fingerprint density at radius 2 is 1.59 bits per heavy atom. The quantitative estimate of drug-likeness (QED) is 0.667.